The van der Waals surface area contributed by atoms with E-state index in [4.69, 9.17) is 13.9 Å². The first-order valence-electron chi connectivity index (χ1n) is 9.41. The number of hydrogen-bond donors (Lipinski definition) is 1. The van der Waals surface area contributed by atoms with Crippen molar-refractivity contribution < 1.29 is 57.6 Å². The minimum Gasteiger partial charge on any atom is -0.545 e. The summed E-state index contributed by atoms with van der Waals surface area (Å²) in [5.74, 6) is 0.993. The number of carbonyl (C=O) groups is 1. The molecule has 0 aliphatic carbocycles. The molecule has 1 N–H and O–H groups in total. The number of anilines is 1. The predicted octanol–water partition coefficient (Wildman–Crippen LogP) is -0.353. The van der Waals surface area contributed by atoms with E-state index in [0.717, 1.165) is 23.3 Å². The molecule has 2 aromatic carbocycles. The molecule has 1 aromatic heterocycles. The number of carboxylic acids is 1. The van der Waals surface area contributed by atoms with E-state index in [0.29, 0.717) is 28.9 Å². The van der Waals surface area contributed by atoms with Crippen LogP contribution < -0.4 is 49.5 Å². The number of carboxylic acid groups (broad SMARTS) is 1. The molecule has 0 radical (unpaired) electrons. The minimum atomic E-state index is -1.34. The van der Waals surface area contributed by atoms with Crippen LogP contribution in [0.5, 0.6) is 11.5 Å². The van der Waals surface area contributed by atoms with Gasteiger partial charge in [-0.3, -0.25) is 0 Å². The predicted molar refractivity (Wildman–Crippen MR) is 109 cm³/mol. The largest absolute Gasteiger partial charge is 1.00 e. The van der Waals surface area contributed by atoms with Crippen molar-refractivity contribution in [1.29, 1.82) is 0 Å². The van der Waals surface area contributed by atoms with Gasteiger partial charge in [0.15, 0.2) is 5.09 Å². The molecular weight excluding hydrogens is 429 g/mol. The second-order valence-corrected chi connectivity index (χ2v) is 8.24. The van der Waals surface area contributed by atoms with Gasteiger partial charge in [0, 0.05) is 12.5 Å². The molecule has 1 unspecified atom stereocenters. The molecular formula is C22H20NNaO6S. The van der Waals surface area contributed by atoms with Gasteiger partial charge in [0.2, 0.25) is 0 Å². The summed E-state index contributed by atoms with van der Waals surface area (Å²) in [6, 6.07) is 13.6. The van der Waals surface area contributed by atoms with Gasteiger partial charge < -0.3 is 29.1 Å². The van der Waals surface area contributed by atoms with Gasteiger partial charge in [0.1, 0.15) is 34.7 Å². The summed E-state index contributed by atoms with van der Waals surface area (Å²) >= 11 is 0. The van der Waals surface area contributed by atoms with Crippen LogP contribution in [0.1, 0.15) is 27.2 Å². The second kappa shape index (κ2) is 10.4. The quantitative estimate of drug-likeness (QED) is 0.469. The van der Waals surface area contributed by atoms with Crippen LogP contribution in [-0.4, -0.2) is 22.7 Å². The number of furan rings is 1. The maximum atomic E-state index is 12.5. The van der Waals surface area contributed by atoms with Gasteiger partial charge in [-0.15, -0.1) is 0 Å². The standard InChI is InChI=1S/C22H21NO6S.Na/c1-14-2-7-21(29-14)30(26)13-23-18-10-17-8-9-27-19(17)11-20(18)28-12-15-3-5-16(6-4-15)22(24)25;/h2-7,10-11,23H,8-9,12-13H2,1H3,(H,24,25);/q;+1/p-1. The van der Waals surface area contributed by atoms with E-state index in [1.54, 1.807) is 31.2 Å². The fraction of sp³-hybridized carbons (Fsp3) is 0.227. The number of hydrogen-bond acceptors (Lipinski definition) is 7. The number of aryl methyl sites for hydroxylation is 1. The molecule has 9 heteroatoms. The molecule has 156 valence electrons. The van der Waals surface area contributed by atoms with E-state index in [9.17, 15) is 14.1 Å². The zero-order valence-corrected chi connectivity index (χ0v) is 20.1. The number of benzene rings is 2. The monoisotopic (exact) mass is 449 g/mol. The van der Waals surface area contributed by atoms with Gasteiger partial charge >= 0.3 is 29.6 Å². The Morgan fingerprint density at radius 1 is 1.19 bits per heavy atom. The molecule has 4 rings (SSSR count). The smallest absolute Gasteiger partial charge is 0.545 e. The van der Waals surface area contributed by atoms with Gasteiger partial charge in [0.25, 0.3) is 0 Å². The van der Waals surface area contributed by atoms with E-state index >= 15 is 0 Å². The summed E-state index contributed by atoms with van der Waals surface area (Å²) in [6.45, 7) is 2.65. The molecule has 0 spiro atoms. The fourth-order valence-corrected chi connectivity index (χ4v) is 3.98. The molecule has 1 aliphatic rings. The number of aromatic carboxylic acids is 1. The molecule has 0 bridgehead atoms. The average Bonchev–Trinajstić information content (AvgIpc) is 3.38. The normalized spacial score (nSPS) is 12.9. The van der Waals surface area contributed by atoms with Gasteiger partial charge in [-0.25, -0.2) is 4.21 Å². The zero-order chi connectivity index (χ0) is 21.1. The number of ether oxygens (including phenoxy) is 2. The van der Waals surface area contributed by atoms with Crippen LogP contribution in [0.2, 0.25) is 0 Å². The zero-order valence-electron chi connectivity index (χ0n) is 17.3. The number of fused-ring (bicyclic) bond motifs is 1. The Kier molecular flexibility index (Phi) is 7.83. The Hall–Kier alpha value is -2.26. The topological polar surface area (TPSA) is 101 Å². The van der Waals surface area contributed by atoms with E-state index in [-0.39, 0.29) is 47.6 Å². The van der Waals surface area contributed by atoms with Crippen molar-refractivity contribution in [3.05, 3.63) is 71.0 Å². The molecule has 2 heterocycles. The van der Waals surface area contributed by atoms with E-state index in [2.05, 4.69) is 5.32 Å². The van der Waals surface area contributed by atoms with Crippen molar-refractivity contribution in [1.82, 2.24) is 0 Å². The van der Waals surface area contributed by atoms with Crippen molar-refractivity contribution >= 4 is 22.5 Å². The molecule has 1 aliphatic heterocycles. The van der Waals surface area contributed by atoms with Gasteiger partial charge in [-0.2, -0.15) is 0 Å². The summed E-state index contributed by atoms with van der Waals surface area (Å²) in [5, 5.41) is 14.5. The Morgan fingerprint density at radius 3 is 2.65 bits per heavy atom. The first-order chi connectivity index (χ1) is 14.5. The Labute approximate surface area is 204 Å². The fourth-order valence-electron chi connectivity index (χ4n) is 3.11. The van der Waals surface area contributed by atoms with Gasteiger partial charge in [0.05, 0.1) is 24.1 Å². The van der Waals surface area contributed by atoms with E-state index in [1.807, 2.05) is 12.1 Å². The van der Waals surface area contributed by atoms with Crippen LogP contribution in [0.25, 0.3) is 0 Å². The Bertz CT molecular complexity index is 1100. The van der Waals surface area contributed by atoms with Crippen LogP contribution in [0.15, 0.2) is 58.0 Å². The summed E-state index contributed by atoms with van der Waals surface area (Å²) in [4.78, 5) is 10.9. The van der Waals surface area contributed by atoms with Gasteiger partial charge in [-0.1, -0.05) is 24.3 Å². The van der Waals surface area contributed by atoms with E-state index < -0.39 is 16.8 Å². The SMILES string of the molecule is Cc1ccc(S(=O)CNc2cc3c(cc2OCc2ccc(C(=O)[O-])cc2)OCC3)o1.[Na+]. The molecule has 0 fully saturated rings. The molecule has 0 saturated heterocycles. The maximum absolute atomic E-state index is 12.5. The Morgan fingerprint density at radius 2 is 1.97 bits per heavy atom. The van der Waals surface area contributed by atoms with Crippen molar-refractivity contribution in [3.63, 3.8) is 0 Å². The summed E-state index contributed by atoms with van der Waals surface area (Å²) in [5.41, 5.74) is 2.69. The van der Waals surface area contributed by atoms with Crippen molar-refractivity contribution in [2.24, 2.45) is 0 Å². The minimum absolute atomic E-state index is 0. The molecule has 31 heavy (non-hydrogen) atoms. The number of rotatable bonds is 8. The molecule has 0 saturated carbocycles. The number of carbonyl (C=O) groups excluding carboxylic acids is 1. The maximum Gasteiger partial charge on any atom is 1.00 e. The molecule has 0 amide bonds. The van der Waals surface area contributed by atoms with Crippen LogP contribution in [0.3, 0.4) is 0 Å². The third-order valence-corrected chi connectivity index (χ3v) is 5.78. The second-order valence-electron chi connectivity index (χ2n) is 6.86. The molecule has 1 atom stereocenters. The van der Waals surface area contributed by atoms with Crippen LogP contribution >= 0.6 is 0 Å². The summed E-state index contributed by atoms with van der Waals surface area (Å²) in [6.07, 6.45) is 0.801. The third kappa shape index (κ3) is 5.71. The van der Waals surface area contributed by atoms with Crippen molar-refractivity contribution in [2.45, 2.75) is 25.0 Å². The van der Waals surface area contributed by atoms with Crippen molar-refractivity contribution in [3.8, 4) is 11.5 Å². The van der Waals surface area contributed by atoms with Crippen LogP contribution in [0.4, 0.5) is 5.69 Å². The summed E-state index contributed by atoms with van der Waals surface area (Å²) < 4.78 is 29.5. The first-order valence-corrected chi connectivity index (χ1v) is 10.7. The van der Waals surface area contributed by atoms with Crippen LogP contribution in [-0.2, 0) is 23.8 Å². The van der Waals surface area contributed by atoms with E-state index in [1.165, 1.54) is 12.1 Å². The average molecular weight is 449 g/mol. The third-order valence-electron chi connectivity index (χ3n) is 4.71. The van der Waals surface area contributed by atoms with Crippen molar-refractivity contribution in [2.75, 3.05) is 17.8 Å². The molecule has 7 nitrogen and oxygen atoms in total. The van der Waals surface area contributed by atoms with Crippen LogP contribution in [0, 0.1) is 6.92 Å². The summed E-state index contributed by atoms with van der Waals surface area (Å²) in [7, 11) is -1.34. The molecule has 3 aromatic rings. The Balaban J connectivity index is 0.00000272. The first kappa shape index (κ1) is 23.4. The van der Waals surface area contributed by atoms with Gasteiger partial charge in [-0.05, 0) is 41.8 Å². The number of nitrogens with one attached hydrogen (secondary N) is 1.